The van der Waals surface area contributed by atoms with Crippen molar-refractivity contribution < 1.29 is 14.3 Å². The first-order chi connectivity index (χ1) is 14.4. The third kappa shape index (κ3) is 4.17. The van der Waals surface area contributed by atoms with E-state index in [1.807, 2.05) is 42.3 Å². The Morgan fingerprint density at radius 2 is 1.97 bits per heavy atom. The monoisotopic (exact) mass is 408 g/mol. The summed E-state index contributed by atoms with van der Waals surface area (Å²) in [4.78, 5) is 13.8. The molecule has 2 heterocycles. The van der Waals surface area contributed by atoms with E-state index in [-0.39, 0.29) is 6.23 Å². The highest BCUT2D eigenvalue weighted by Crippen LogP contribution is 2.30. The number of carbonyl (C=O) groups excluding carboxylic acids is 1. The summed E-state index contributed by atoms with van der Waals surface area (Å²) in [7, 11) is 4.11. The quantitative estimate of drug-likeness (QED) is 0.657. The van der Waals surface area contributed by atoms with Crippen LogP contribution in [0, 0.1) is 13.8 Å². The predicted molar refractivity (Wildman–Crippen MR) is 115 cm³/mol. The number of nitrogens with zero attached hydrogens (tertiary/aromatic N) is 4. The van der Waals surface area contributed by atoms with Gasteiger partial charge in [-0.1, -0.05) is 29.8 Å². The highest BCUT2D eigenvalue weighted by Gasteiger charge is 2.42. The van der Waals surface area contributed by atoms with E-state index in [4.69, 9.17) is 9.47 Å². The van der Waals surface area contributed by atoms with E-state index in [0.717, 1.165) is 48.2 Å². The van der Waals surface area contributed by atoms with Gasteiger partial charge in [0.05, 0.1) is 0 Å². The van der Waals surface area contributed by atoms with Crippen molar-refractivity contribution in [1.29, 1.82) is 0 Å². The van der Waals surface area contributed by atoms with Crippen LogP contribution in [0.25, 0.3) is 0 Å². The van der Waals surface area contributed by atoms with Gasteiger partial charge in [-0.25, -0.2) is 0 Å². The number of benzene rings is 2. The lowest BCUT2D eigenvalue weighted by atomic mass is 10.1. The van der Waals surface area contributed by atoms with E-state index in [0.29, 0.717) is 5.90 Å². The summed E-state index contributed by atoms with van der Waals surface area (Å²) in [5.74, 6) is 1.29. The first-order valence-corrected chi connectivity index (χ1v) is 10.2. The maximum absolute atomic E-state index is 11.6. The second-order valence-electron chi connectivity index (χ2n) is 8.10. The van der Waals surface area contributed by atoms with E-state index in [9.17, 15) is 4.79 Å². The lowest BCUT2D eigenvalue weighted by Crippen LogP contribution is -2.60. The molecule has 2 aromatic carbocycles. The Kier molecular flexibility index (Phi) is 5.74. The minimum Gasteiger partial charge on any atom is -0.473 e. The smallest absolute Gasteiger partial charge is 0.260 e. The maximum Gasteiger partial charge on any atom is 0.260 e. The van der Waals surface area contributed by atoms with E-state index in [2.05, 4.69) is 43.2 Å². The number of hydrazine groups is 1. The topological polar surface area (TPSA) is 57.6 Å². The van der Waals surface area contributed by atoms with Crippen molar-refractivity contribution >= 4 is 12.2 Å². The average Bonchev–Trinajstić information content (AvgIpc) is 3.10. The molecule has 0 bridgehead atoms. The molecule has 0 radical (unpaired) electrons. The molecule has 0 amide bonds. The Morgan fingerprint density at radius 3 is 2.57 bits per heavy atom. The highest BCUT2D eigenvalue weighted by molar-refractivity contribution is 5.95. The van der Waals surface area contributed by atoms with Crippen LogP contribution in [0.1, 0.15) is 28.7 Å². The van der Waals surface area contributed by atoms with Gasteiger partial charge in [0.1, 0.15) is 5.75 Å². The summed E-state index contributed by atoms with van der Waals surface area (Å²) in [6, 6.07) is 14.1. The first-order valence-electron chi connectivity index (χ1n) is 10.2. The van der Waals surface area contributed by atoms with Gasteiger partial charge in [0.2, 0.25) is 5.90 Å². The van der Waals surface area contributed by atoms with Gasteiger partial charge in [-0.15, -0.1) is 5.10 Å². The molecule has 2 aliphatic heterocycles. The number of aryl methyl sites for hydroxylation is 2. The molecule has 7 nitrogen and oxygen atoms in total. The van der Waals surface area contributed by atoms with Crippen LogP contribution in [0.5, 0.6) is 5.75 Å². The van der Waals surface area contributed by atoms with Crippen LogP contribution in [0.4, 0.5) is 0 Å². The maximum atomic E-state index is 11.6. The third-order valence-electron chi connectivity index (χ3n) is 5.27. The van der Waals surface area contributed by atoms with E-state index < -0.39 is 6.23 Å². The lowest BCUT2D eigenvalue weighted by Gasteiger charge is -2.44. The van der Waals surface area contributed by atoms with Crippen molar-refractivity contribution in [2.24, 2.45) is 5.10 Å². The molecule has 7 heteroatoms. The molecule has 1 fully saturated rings. The van der Waals surface area contributed by atoms with Crippen LogP contribution >= 0.6 is 0 Å². The minimum atomic E-state index is -0.781. The molecule has 0 aliphatic carbocycles. The number of aldehydes is 1. The van der Waals surface area contributed by atoms with Crippen molar-refractivity contribution in [2.45, 2.75) is 39.3 Å². The van der Waals surface area contributed by atoms with E-state index >= 15 is 0 Å². The Hall–Kier alpha value is -2.90. The molecular formula is C23H28N4O3. The van der Waals surface area contributed by atoms with Crippen LogP contribution in [0.2, 0.25) is 0 Å². The molecule has 0 spiro atoms. The highest BCUT2D eigenvalue weighted by atomic mass is 16.6. The SMILES string of the molecule is Cc1ccc(C2=NN(N3CCC3Oc3ccc(CN(C)C)cc3C)C(C=O)O2)cc1. The van der Waals surface area contributed by atoms with Gasteiger partial charge < -0.3 is 14.4 Å². The molecular weight excluding hydrogens is 380 g/mol. The van der Waals surface area contributed by atoms with Gasteiger partial charge in [0.15, 0.2) is 12.5 Å². The Bertz CT molecular complexity index is 942. The Morgan fingerprint density at radius 1 is 1.20 bits per heavy atom. The zero-order valence-corrected chi connectivity index (χ0v) is 17.9. The molecule has 0 N–H and O–H groups in total. The number of carbonyl (C=O) groups is 1. The standard InChI is InChI=1S/C23H28N4O3/c1-16-5-8-19(9-6-16)23-24-27(22(15-28)30-23)26-12-11-21(26)29-20-10-7-18(13-17(20)2)14-25(3)4/h5-10,13,15,21-22H,11-12,14H2,1-4H3. The molecule has 4 rings (SSSR count). The Labute approximate surface area is 177 Å². The van der Waals surface area contributed by atoms with Gasteiger partial charge >= 0.3 is 0 Å². The van der Waals surface area contributed by atoms with Crippen molar-refractivity contribution in [2.75, 3.05) is 20.6 Å². The van der Waals surface area contributed by atoms with Crippen LogP contribution in [-0.2, 0) is 16.1 Å². The van der Waals surface area contributed by atoms with Crippen LogP contribution < -0.4 is 4.74 Å². The van der Waals surface area contributed by atoms with E-state index in [1.54, 1.807) is 5.12 Å². The summed E-state index contributed by atoms with van der Waals surface area (Å²) in [6.45, 7) is 5.72. The number of hydrogen-bond acceptors (Lipinski definition) is 7. The van der Waals surface area contributed by atoms with E-state index in [1.165, 1.54) is 5.56 Å². The summed E-state index contributed by atoms with van der Waals surface area (Å²) in [6.07, 6.45) is 0.657. The molecule has 0 aromatic heterocycles. The molecule has 2 aromatic rings. The minimum absolute atomic E-state index is 0.185. The molecule has 1 saturated heterocycles. The predicted octanol–water partition coefficient (Wildman–Crippen LogP) is 2.91. The first kappa shape index (κ1) is 20.4. The van der Waals surface area contributed by atoms with Crippen molar-refractivity contribution in [1.82, 2.24) is 15.0 Å². The number of ether oxygens (including phenoxy) is 2. The van der Waals surface area contributed by atoms with Gasteiger partial charge in [0, 0.05) is 25.1 Å². The van der Waals surface area contributed by atoms with Gasteiger partial charge in [-0.3, -0.25) is 4.79 Å². The number of rotatable bonds is 7. The average molecular weight is 409 g/mol. The summed E-state index contributed by atoms with van der Waals surface area (Å²) in [5, 5.41) is 8.10. The zero-order chi connectivity index (χ0) is 21.3. The zero-order valence-electron chi connectivity index (χ0n) is 17.9. The van der Waals surface area contributed by atoms with Crippen LogP contribution in [0.15, 0.2) is 47.6 Å². The lowest BCUT2D eigenvalue weighted by molar-refractivity contribution is -0.218. The van der Waals surface area contributed by atoms with Gasteiger partial charge in [-0.2, -0.15) is 10.1 Å². The normalized spacial score (nSPS) is 21.2. The second kappa shape index (κ2) is 8.45. The molecule has 2 aliphatic rings. The third-order valence-corrected chi connectivity index (χ3v) is 5.27. The van der Waals surface area contributed by atoms with Gasteiger partial charge in [0.25, 0.3) is 6.23 Å². The van der Waals surface area contributed by atoms with Crippen LogP contribution in [-0.4, -0.2) is 60.3 Å². The molecule has 2 unspecified atom stereocenters. The van der Waals surface area contributed by atoms with Gasteiger partial charge in [-0.05, 0) is 57.3 Å². The molecule has 158 valence electrons. The fourth-order valence-electron chi connectivity index (χ4n) is 3.60. The Balaban J connectivity index is 1.47. The second-order valence-corrected chi connectivity index (χ2v) is 8.10. The fraction of sp³-hybridized carbons (Fsp3) is 0.391. The largest absolute Gasteiger partial charge is 0.473 e. The molecule has 2 atom stereocenters. The van der Waals surface area contributed by atoms with Crippen molar-refractivity contribution in [3.8, 4) is 5.75 Å². The summed E-state index contributed by atoms with van der Waals surface area (Å²) >= 11 is 0. The van der Waals surface area contributed by atoms with Crippen molar-refractivity contribution in [3.05, 3.63) is 64.7 Å². The van der Waals surface area contributed by atoms with Crippen LogP contribution in [0.3, 0.4) is 0 Å². The number of hydrogen-bond donors (Lipinski definition) is 0. The fourth-order valence-corrected chi connectivity index (χ4v) is 3.60. The molecule has 30 heavy (non-hydrogen) atoms. The number of hydrazone groups is 1. The van der Waals surface area contributed by atoms with Crippen molar-refractivity contribution in [3.63, 3.8) is 0 Å². The molecule has 0 saturated carbocycles. The summed E-state index contributed by atoms with van der Waals surface area (Å²) < 4.78 is 12.0. The summed E-state index contributed by atoms with van der Waals surface area (Å²) in [5.41, 5.74) is 4.34.